The molecule has 0 saturated carbocycles. The Bertz CT molecular complexity index is 242. The van der Waals surface area contributed by atoms with E-state index in [2.05, 4.69) is 10.2 Å². The summed E-state index contributed by atoms with van der Waals surface area (Å²) in [6.07, 6.45) is 3.87. The summed E-state index contributed by atoms with van der Waals surface area (Å²) in [5.74, 6) is 0. The van der Waals surface area contributed by atoms with Crippen LogP contribution in [0.2, 0.25) is 0 Å². The van der Waals surface area contributed by atoms with Crippen LogP contribution in [0.15, 0.2) is 0 Å². The van der Waals surface area contributed by atoms with Crippen molar-refractivity contribution in [3.63, 3.8) is 0 Å². The molecule has 1 rings (SSSR count). The van der Waals surface area contributed by atoms with Crippen LogP contribution in [-0.4, -0.2) is 66.3 Å². The van der Waals surface area contributed by atoms with E-state index in [0.29, 0.717) is 13.1 Å². The number of likely N-dealkylation sites (tertiary alicyclic amines) is 1. The fraction of sp³-hybridized carbons (Fsp3) is 0.923. The van der Waals surface area contributed by atoms with Crippen LogP contribution in [0.5, 0.6) is 0 Å². The van der Waals surface area contributed by atoms with Crippen molar-refractivity contribution >= 4 is 6.03 Å². The molecule has 0 aromatic heterocycles. The molecule has 5 heteroatoms. The number of nitrogens with one attached hydrogen (secondary N) is 1. The fourth-order valence-corrected chi connectivity index (χ4v) is 2.40. The summed E-state index contributed by atoms with van der Waals surface area (Å²) in [6.45, 7) is 8.22. The van der Waals surface area contributed by atoms with Gasteiger partial charge in [0.2, 0.25) is 0 Å². The quantitative estimate of drug-likeness (QED) is 0.743. The minimum Gasteiger partial charge on any atom is -0.395 e. The van der Waals surface area contributed by atoms with Crippen molar-refractivity contribution in [1.82, 2.24) is 15.1 Å². The highest BCUT2D eigenvalue weighted by atomic mass is 16.3. The van der Waals surface area contributed by atoms with Gasteiger partial charge in [0.25, 0.3) is 0 Å². The van der Waals surface area contributed by atoms with E-state index in [1.807, 2.05) is 13.8 Å². The van der Waals surface area contributed by atoms with Gasteiger partial charge in [-0.05, 0) is 39.8 Å². The number of amides is 2. The monoisotopic (exact) mass is 257 g/mol. The van der Waals surface area contributed by atoms with Crippen molar-refractivity contribution in [2.24, 2.45) is 0 Å². The third-order valence-corrected chi connectivity index (χ3v) is 3.39. The highest BCUT2D eigenvalue weighted by Crippen LogP contribution is 2.08. The number of aliphatic hydroxyl groups is 1. The zero-order valence-corrected chi connectivity index (χ0v) is 11.7. The molecule has 1 fully saturated rings. The van der Waals surface area contributed by atoms with Crippen LogP contribution in [0.3, 0.4) is 0 Å². The van der Waals surface area contributed by atoms with E-state index in [1.54, 1.807) is 4.90 Å². The lowest BCUT2D eigenvalue weighted by atomic mass is 10.1. The number of hydrogen-bond donors (Lipinski definition) is 2. The smallest absolute Gasteiger partial charge is 0.317 e. The van der Waals surface area contributed by atoms with E-state index >= 15 is 0 Å². The Morgan fingerprint density at radius 2 is 2.06 bits per heavy atom. The van der Waals surface area contributed by atoms with Crippen molar-refractivity contribution in [2.45, 2.75) is 39.2 Å². The van der Waals surface area contributed by atoms with Gasteiger partial charge in [-0.1, -0.05) is 6.42 Å². The number of likely N-dealkylation sites (N-methyl/N-ethyl adjacent to an activating group) is 1. The molecule has 5 nitrogen and oxygen atoms in total. The van der Waals surface area contributed by atoms with E-state index in [-0.39, 0.29) is 18.7 Å². The van der Waals surface area contributed by atoms with Crippen molar-refractivity contribution in [3.05, 3.63) is 0 Å². The number of hydrogen-bond acceptors (Lipinski definition) is 3. The summed E-state index contributed by atoms with van der Waals surface area (Å²) in [5, 5.41) is 11.9. The molecule has 1 unspecified atom stereocenters. The highest BCUT2D eigenvalue weighted by molar-refractivity contribution is 5.74. The lowest BCUT2D eigenvalue weighted by Gasteiger charge is -2.30. The average molecular weight is 257 g/mol. The second-order valence-corrected chi connectivity index (χ2v) is 5.02. The van der Waals surface area contributed by atoms with Crippen LogP contribution in [0.4, 0.5) is 4.79 Å². The number of rotatable bonds is 6. The van der Waals surface area contributed by atoms with Crippen LogP contribution < -0.4 is 5.32 Å². The average Bonchev–Trinajstić information content (AvgIpc) is 2.36. The molecule has 2 amide bonds. The fourth-order valence-electron chi connectivity index (χ4n) is 2.40. The van der Waals surface area contributed by atoms with Gasteiger partial charge < -0.3 is 20.2 Å². The third-order valence-electron chi connectivity index (χ3n) is 3.39. The van der Waals surface area contributed by atoms with Crippen LogP contribution in [-0.2, 0) is 0 Å². The lowest BCUT2D eigenvalue weighted by molar-refractivity contribution is 0.169. The zero-order valence-electron chi connectivity index (χ0n) is 11.7. The van der Waals surface area contributed by atoms with E-state index in [0.717, 1.165) is 19.6 Å². The van der Waals surface area contributed by atoms with E-state index in [9.17, 15) is 4.79 Å². The van der Waals surface area contributed by atoms with Gasteiger partial charge in [-0.3, -0.25) is 0 Å². The third kappa shape index (κ3) is 5.23. The maximum absolute atomic E-state index is 11.9. The first kappa shape index (κ1) is 15.2. The van der Waals surface area contributed by atoms with E-state index < -0.39 is 0 Å². The largest absolute Gasteiger partial charge is 0.395 e. The zero-order chi connectivity index (χ0) is 13.4. The summed E-state index contributed by atoms with van der Waals surface area (Å²) in [5.41, 5.74) is 0. The SMILES string of the molecule is CCN(CCO)C(=O)NC(C)CN1CCCCC1. The van der Waals surface area contributed by atoms with Crippen molar-refractivity contribution in [3.8, 4) is 0 Å². The molecule has 0 spiro atoms. The Labute approximate surface area is 110 Å². The molecule has 0 aromatic rings. The normalized spacial score (nSPS) is 18.4. The Hall–Kier alpha value is -0.810. The summed E-state index contributed by atoms with van der Waals surface area (Å²) >= 11 is 0. The molecule has 1 aliphatic heterocycles. The number of carbonyl (C=O) groups is 1. The highest BCUT2D eigenvalue weighted by Gasteiger charge is 2.17. The predicted octanol–water partition coefficient (Wildman–Crippen LogP) is 0.885. The molecule has 1 heterocycles. The topological polar surface area (TPSA) is 55.8 Å². The molecule has 1 aliphatic rings. The molecule has 0 radical (unpaired) electrons. The Kier molecular flexibility index (Phi) is 7.05. The number of piperidine rings is 1. The number of urea groups is 1. The van der Waals surface area contributed by atoms with Crippen LogP contribution in [0.1, 0.15) is 33.1 Å². The van der Waals surface area contributed by atoms with Gasteiger partial charge >= 0.3 is 6.03 Å². The van der Waals surface area contributed by atoms with Gasteiger partial charge in [-0.2, -0.15) is 0 Å². The van der Waals surface area contributed by atoms with Crippen LogP contribution >= 0.6 is 0 Å². The van der Waals surface area contributed by atoms with Gasteiger partial charge in [0.15, 0.2) is 0 Å². The van der Waals surface area contributed by atoms with Crippen molar-refractivity contribution < 1.29 is 9.90 Å². The molecule has 106 valence electrons. The van der Waals surface area contributed by atoms with Crippen LogP contribution in [0, 0.1) is 0 Å². The van der Waals surface area contributed by atoms with Gasteiger partial charge in [-0.25, -0.2) is 4.79 Å². The first-order valence-corrected chi connectivity index (χ1v) is 7.06. The first-order valence-electron chi connectivity index (χ1n) is 7.06. The number of nitrogens with zero attached hydrogens (tertiary/aromatic N) is 2. The predicted molar refractivity (Wildman–Crippen MR) is 72.6 cm³/mol. The minimum absolute atomic E-state index is 0.0156. The Balaban J connectivity index is 2.28. The lowest BCUT2D eigenvalue weighted by Crippen LogP contribution is -2.49. The molecule has 0 bridgehead atoms. The molecule has 0 aromatic carbocycles. The summed E-state index contributed by atoms with van der Waals surface area (Å²) in [4.78, 5) is 15.9. The summed E-state index contributed by atoms with van der Waals surface area (Å²) in [6, 6.07) is 0.0828. The molecule has 1 saturated heterocycles. The minimum atomic E-state index is -0.0731. The molecule has 2 N–H and O–H groups in total. The molecule has 0 aliphatic carbocycles. The molecule has 1 atom stereocenters. The molecular weight excluding hydrogens is 230 g/mol. The molecular formula is C13H27N3O2. The maximum atomic E-state index is 11.9. The molecule has 18 heavy (non-hydrogen) atoms. The van der Waals surface area contributed by atoms with Crippen molar-refractivity contribution in [2.75, 3.05) is 39.3 Å². The Morgan fingerprint density at radius 1 is 1.39 bits per heavy atom. The Morgan fingerprint density at radius 3 is 2.61 bits per heavy atom. The standard InChI is InChI=1S/C13H27N3O2/c1-3-16(9-10-17)13(18)14-12(2)11-15-7-5-4-6-8-15/h12,17H,3-11H2,1-2H3,(H,14,18). The van der Waals surface area contributed by atoms with E-state index in [1.165, 1.54) is 19.3 Å². The summed E-state index contributed by atoms with van der Waals surface area (Å²) in [7, 11) is 0. The second-order valence-electron chi connectivity index (χ2n) is 5.02. The van der Waals surface area contributed by atoms with E-state index in [4.69, 9.17) is 5.11 Å². The number of aliphatic hydroxyl groups excluding tert-OH is 1. The van der Waals surface area contributed by atoms with Crippen molar-refractivity contribution in [1.29, 1.82) is 0 Å². The number of carbonyl (C=O) groups excluding carboxylic acids is 1. The summed E-state index contributed by atoms with van der Waals surface area (Å²) < 4.78 is 0. The van der Waals surface area contributed by atoms with Gasteiger partial charge in [-0.15, -0.1) is 0 Å². The maximum Gasteiger partial charge on any atom is 0.317 e. The first-order chi connectivity index (χ1) is 8.67. The van der Waals surface area contributed by atoms with Gasteiger partial charge in [0, 0.05) is 25.7 Å². The van der Waals surface area contributed by atoms with Gasteiger partial charge in [0.1, 0.15) is 0 Å². The van der Waals surface area contributed by atoms with Crippen LogP contribution in [0.25, 0.3) is 0 Å². The van der Waals surface area contributed by atoms with Gasteiger partial charge in [0.05, 0.1) is 6.61 Å². The second kappa shape index (κ2) is 8.32.